The second kappa shape index (κ2) is 5.17. The number of carbonyl (C=O) groups is 1. The summed E-state index contributed by atoms with van der Waals surface area (Å²) < 4.78 is 0. The fourth-order valence-corrected chi connectivity index (χ4v) is 2.55. The van der Waals surface area contributed by atoms with E-state index >= 15 is 0 Å². The van der Waals surface area contributed by atoms with Gasteiger partial charge in [-0.3, -0.25) is 9.78 Å². The highest BCUT2D eigenvalue weighted by Gasteiger charge is 2.23. The lowest BCUT2D eigenvalue weighted by Crippen LogP contribution is -2.23. The number of nitrogens with two attached hydrogens (primary N) is 1. The Hall–Kier alpha value is -1.58. The summed E-state index contributed by atoms with van der Waals surface area (Å²) in [6, 6.07) is 1.69. The standard InChI is InChI=1S/C13H19N3O/c1-15-13(17)11-10(14)7-8-16-12(11)9-5-3-2-4-6-9/h7-9H,2-6H2,1H3,(H2,14,16)(H,15,17). The van der Waals surface area contributed by atoms with Crippen LogP contribution in [0.25, 0.3) is 0 Å². The molecular formula is C13H19N3O. The van der Waals surface area contributed by atoms with Crippen LogP contribution in [0.2, 0.25) is 0 Å². The van der Waals surface area contributed by atoms with Gasteiger partial charge in [0.15, 0.2) is 0 Å². The minimum absolute atomic E-state index is 0.129. The van der Waals surface area contributed by atoms with Crippen LogP contribution in [-0.2, 0) is 0 Å². The topological polar surface area (TPSA) is 68.0 Å². The Labute approximate surface area is 102 Å². The monoisotopic (exact) mass is 233 g/mol. The van der Waals surface area contributed by atoms with Crippen molar-refractivity contribution in [3.05, 3.63) is 23.5 Å². The van der Waals surface area contributed by atoms with E-state index in [0.29, 0.717) is 17.2 Å². The van der Waals surface area contributed by atoms with Gasteiger partial charge < -0.3 is 11.1 Å². The predicted octanol–water partition coefficient (Wildman–Crippen LogP) is 2.07. The molecule has 17 heavy (non-hydrogen) atoms. The molecule has 1 fully saturated rings. The third-order valence-electron chi connectivity index (χ3n) is 3.46. The normalized spacial score (nSPS) is 16.8. The molecule has 0 aromatic carbocycles. The van der Waals surface area contributed by atoms with E-state index in [1.54, 1.807) is 19.3 Å². The first-order valence-corrected chi connectivity index (χ1v) is 6.20. The number of rotatable bonds is 2. The van der Waals surface area contributed by atoms with Gasteiger partial charge in [-0.05, 0) is 18.9 Å². The second-order valence-corrected chi connectivity index (χ2v) is 4.57. The molecule has 1 aliphatic rings. The summed E-state index contributed by atoms with van der Waals surface area (Å²) in [4.78, 5) is 16.3. The lowest BCUT2D eigenvalue weighted by molar-refractivity contribution is 0.0961. The molecule has 0 atom stereocenters. The Kier molecular flexibility index (Phi) is 3.61. The number of nitrogens with one attached hydrogen (secondary N) is 1. The van der Waals surface area contributed by atoms with Crippen molar-refractivity contribution >= 4 is 11.6 Å². The number of amides is 1. The Morgan fingerprint density at radius 1 is 1.41 bits per heavy atom. The molecule has 1 saturated carbocycles. The van der Waals surface area contributed by atoms with Crippen molar-refractivity contribution < 1.29 is 4.79 Å². The zero-order chi connectivity index (χ0) is 12.3. The van der Waals surface area contributed by atoms with Crippen LogP contribution in [0.1, 0.15) is 54.1 Å². The van der Waals surface area contributed by atoms with Gasteiger partial charge >= 0.3 is 0 Å². The van der Waals surface area contributed by atoms with Crippen molar-refractivity contribution in [1.82, 2.24) is 10.3 Å². The molecule has 1 aromatic rings. The van der Waals surface area contributed by atoms with Crippen molar-refractivity contribution in [3.63, 3.8) is 0 Å². The number of pyridine rings is 1. The van der Waals surface area contributed by atoms with Gasteiger partial charge in [-0.2, -0.15) is 0 Å². The van der Waals surface area contributed by atoms with Crippen LogP contribution in [0.5, 0.6) is 0 Å². The van der Waals surface area contributed by atoms with Crippen molar-refractivity contribution in [2.75, 3.05) is 12.8 Å². The smallest absolute Gasteiger partial charge is 0.254 e. The van der Waals surface area contributed by atoms with Crippen molar-refractivity contribution in [3.8, 4) is 0 Å². The van der Waals surface area contributed by atoms with E-state index in [9.17, 15) is 4.79 Å². The summed E-state index contributed by atoms with van der Waals surface area (Å²) in [6.45, 7) is 0. The third kappa shape index (κ3) is 2.40. The van der Waals surface area contributed by atoms with Crippen molar-refractivity contribution in [2.24, 2.45) is 0 Å². The molecule has 4 nitrogen and oxygen atoms in total. The van der Waals surface area contributed by atoms with Gasteiger partial charge in [0, 0.05) is 24.8 Å². The lowest BCUT2D eigenvalue weighted by atomic mass is 9.84. The number of nitrogens with zero attached hydrogens (tertiary/aromatic N) is 1. The summed E-state index contributed by atoms with van der Waals surface area (Å²) in [5, 5.41) is 2.64. The number of carbonyl (C=O) groups excluding carboxylic acids is 1. The zero-order valence-corrected chi connectivity index (χ0v) is 10.2. The summed E-state index contributed by atoms with van der Waals surface area (Å²) in [7, 11) is 1.62. The van der Waals surface area contributed by atoms with Gasteiger partial charge in [0.1, 0.15) is 0 Å². The average Bonchev–Trinajstić information content (AvgIpc) is 2.38. The maximum atomic E-state index is 11.9. The van der Waals surface area contributed by atoms with Crippen LogP contribution in [0.4, 0.5) is 5.69 Å². The Bertz CT molecular complexity index is 411. The van der Waals surface area contributed by atoms with Gasteiger partial charge in [-0.1, -0.05) is 19.3 Å². The molecule has 0 bridgehead atoms. The highest BCUT2D eigenvalue weighted by Crippen LogP contribution is 2.34. The maximum absolute atomic E-state index is 11.9. The Balaban J connectivity index is 2.38. The zero-order valence-electron chi connectivity index (χ0n) is 10.2. The number of aromatic nitrogens is 1. The van der Waals surface area contributed by atoms with Gasteiger partial charge in [0.25, 0.3) is 5.91 Å². The minimum Gasteiger partial charge on any atom is -0.398 e. The molecule has 4 heteroatoms. The summed E-state index contributed by atoms with van der Waals surface area (Å²) in [5.74, 6) is 0.260. The fraction of sp³-hybridized carbons (Fsp3) is 0.538. The first-order chi connectivity index (χ1) is 8.24. The highest BCUT2D eigenvalue weighted by atomic mass is 16.1. The van der Waals surface area contributed by atoms with Crippen LogP contribution >= 0.6 is 0 Å². The van der Waals surface area contributed by atoms with Crippen LogP contribution in [0.3, 0.4) is 0 Å². The molecule has 1 aromatic heterocycles. The Morgan fingerprint density at radius 2 is 2.12 bits per heavy atom. The second-order valence-electron chi connectivity index (χ2n) is 4.57. The van der Waals surface area contributed by atoms with Crippen molar-refractivity contribution in [1.29, 1.82) is 0 Å². The van der Waals surface area contributed by atoms with Crippen molar-refractivity contribution in [2.45, 2.75) is 38.0 Å². The van der Waals surface area contributed by atoms with Crippen LogP contribution in [0.15, 0.2) is 12.3 Å². The molecule has 1 heterocycles. The molecule has 0 spiro atoms. The number of anilines is 1. The molecule has 92 valence electrons. The quantitative estimate of drug-likeness (QED) is 0.821. The molecule has 1 aliphatic carbocycles. The molecular weight excluding hydrogens is 214 g/mol. The molecule has 0 radical (unpaired) electrons. The first kappa shape index (κ1) is 11.9. The number of nitrogen functional groups attached to an aromatic ring is 1. The molecule has 3 N–H and O–H groups in total. The van der Waals surface area contributed by atoms with E-state index < -0.39 is 0 Å². The van der Waals surface area contributed by atoms with Gasteiger partial charge in [0.05, 0.1) is 11.3 Å². The number of hydrogen-bond acceptors (Lipinski definition) is 3. The highest BCUT2D eigenvalue weighted by molar-refractivity contribution is 6.00. The first-order valence-electron chi connectivity index (χ1n) is 6.20. The lowest BCUT2D eigenvalue weighted by Gasteiger charge is -2.23. The van der Waals surface area contributed by atoms with Gasteiger partial charge in [-0.15, -0.1) is 0 Å². The SMILES string of the molecule is CNC(=O)c1c(N)ccnc1C1CCCCC1. The van der Waals surface area contributed by atoms with Gasteiger partial charge in [-0.25, -0.2) is 0 Å². The average molecular weight is 233 g/mol. The van der Waals surface area contributed by atoms with E-state index in [-0.39, 0.29) is 5.91 Å². The fourth-order valence-electron chi connectivity index (χ4n) is 2.55. The van der Waals surface area contributed by atoms with Crippen LogP contribution in [0, 0.1) is 0 Å². The maximum Gasteiger partial charge on any atom is 0.254 e. The Morgan fingerprint density at radius 3 is 2.76 bits per heavy atom. The summed E-state index contributed by atoms with van der Waals surface area (Å²) >= 11 is 0. The van der Waals surface area contributed by atoms with E-state index in [2.05, 4.69) is 10.3 Å². The van der Waals surface area contributed by atoms with E-state index in [0.717, 1.165) is 18.5 Å². The van der Waals surface area contributed by atoms with Crippen LogP contribution in [-0.4, -0.2) is 17.9 Å². The number of hydrogen-bond donors (Lipinski definition) is 2. The summed E-state index contributed by atoms with van der Waals surface area (Å²) in [6.07, 6.45) is 7.64. The van der Waals surface area contributed by atoms with E-state index in [1.807, 2.05) is 0 Å². The predicted molar refractivity (Wildman–Crippen MR) is 67.9 cm³/mol. The van der Waals surface area contributed by atoms with Gasteiger partial charge in [0.2, 0.25) is 0 Å². The largest absolute Gasteiger partial charge is 0.398 e. The molecule has 1 amide bonds. The summed E-state index contributed by atoms with van der Waals surface area (Å²) in [5.41, 5.74) is 7.88. The molecule has 2 rings (SSSR count). The molecule has 0 aliphatic heterocycles. The molecule has 0 unspecified atom stereocenters. The third-order valence-corrected chi connectivity index (χ3v) is 3.46. The van der Waals surface area contributed by atoms with E-state index in [4.69, 9.17) is 5.73 Å². The van der Waals surface area contributed by atoms with E-state index in [1.165, 1.54) is 19.3 Å². The van der Waals surface area contributed by atoms with Crippen LogP contribution < -0.4 is 11.1 Å². The minimum atomic E-state index is -0.129. The molecule has 0 saturated heterocycles.